The van der Waals surface area contributed by atoms with Gasteiger partial charge in [0.05, 0.1) is 17.3 Å². The molecule has 1 saturated heterocycles. The molecule has 2 aromatic rings. The quantitative estimate of drug-likeness (QED) is 0.947. The molecule has 0 spiro atoms. The highest BCUT2D eigenvalue weighted by molar-refractivity contribution is 7.22. The number of methoxy groups -OCH3 is 1. The fourth-order valence-electron chi connectivity index (χ4n) is 2.62. The minimum atomic E-state index is -0.344. The van der Waals surface area contributed by atoms with Crippen LogP contribution in [-0.2, 0) is 4.74 Å². The van der Waals surface area contributed by atoms with Gasteiger partial charge in [-0.25, -0.2) is 9.78 Å². The number of benzene rings is 1. The standard InChI is InChI=1S/C15H19N3O2S/c1-20-15(19)16-10-11-6-8-18(9-7-11)14-17-12-4-2-3-5-13(12)21-14/h2-5,11H,6-10H2,1H3,(H,16,19). The van der Waals surface area contributed by atoms with E-state index in [2.05, 4.69) is 33.2 Å². The van der Waals surface area contributed by atoms with E-state index in [-0.39, 0.29) is 6.09 Å². The Labute approximate surface area is 127 Å². The zero-order valence-electron chi connectivity index (χ0n) is 12.0. The summed E-state index contributed by atoms with van der Waals surface area (Å²) in [5, 5.41) is 3.89. The Kier molecular flexibility index (Phi) is 4.24. The minimum absolute atomic E-state index is 0.344. The molecule has 0 aliphatic carbocycles. The summed E-state index contributed by atoms with van der Waals surface area (Å²) in [6.07, 6.45) is 1.79. The lowest BCUT2D eigenvalue weighted by molar-refractivity contribution is 0.168. The predicted octanol–water partition coefficient (Wildman–Crippen LogP) is 2.87. The number of piperidine rings is 1. The Morgan fingerprint density at radius 1 is 1.43 bits per heavy atom. The van der Waals surface area contributed by atoms with Gasteiger partial charge in [0, 0.05) is 19.6 Å². The van der Waals surface area contributed by atoms with E-state index < -0.39 is 0 Å². The van der Waals surface area contributed by atoms with Crippen molar-refractivity contribution in [3.8, 4) is 0 Å². The summed E-state index contributed by atoms with van der Waals surface area (Å²) >= 11 is 1.75. The molecular formula is C15H19N3O2S. The Morgan fingerprint density at radius 2 is 2.19 bits per heavy atom. The van der Waals surface area contributed by atoms with E-state index in [4.69, 9.17) is 4.98 Å². The molecule has 2 heterocycles. The molecule has 112 valence electrons. The molecule has 21 heavy (non-hydrogen) atoms. The van der Waals surface area contributed by atoms with Gasteiger partial charge < -0.3 is 15.0 Å². The van der Waals surface area contributed by atoms with Crippen LogP contribution < -0.4 is 10.2 Å². The number of nitrogens with zero attached hydrogens (tertiary/aromatic N) is 2. The van der Waals surface area contributed by atoms with Crippen molar-refractivity contribution in [2.24, 2.45) is 5.92 Å². The van der Waals surface area contributed by atoms with Crippen molar-refractivity contribution in [2.45, 2.75) is 12.8 Å². The number of ether oxygens (including phenoxy) is 1. The molecule has 1 aliphatic heterocycles. The van der Waals surface area contributed by atoms with E-state index in [0.29, 0.717) is 12.5 Å². The van der Waals surface area contributed by atoms with Crippen LogP contribution in [0.1, 0.15) is 12.8 Å². The molecule has 1 aromatic carbocycles. The van der Waals surface area contributed by atoms with E-state index >= 15 is 0 Å². The van der Waals surface area contributed by atoms with E-state index in [1.807, 2.05) is 6.07 Å². The second-order valence-electron chi connectivity index (χ2n) is 5.27. The number of carbonyl (C=O) groups excluding carboxylic acids is 1. The average Bonchev–Trinajstić information content (AvgIpc) is 2.97. The third-order valence-electron chi connectivity index (χ3n) is 3.89. The number of thiazole rings is 1. The average molecular weight is 305 g/mol. The molecule has 5 nitrogen and oxygen atoms in total. The molecule has 1 aliphatic rings. The molecule has 0 bridgehead atoms. The lowest BCUT2D eigenvalue weighted by Gasteiger charge is -2.31. The summed E-state index contributed by atoms with van der Waals surface area (Å²) < 4.78 is 5.83. The van der Waals surface area contributed by atoms with Crippen molar-refractivity contribution in [1.29, 1.82) is 0 Å². The molecule has 1 N–H and O–H groups in total. The molecule has 1 fully saturated rings. The van der Waals surface area contributed by atoms with Crippen LogP contribution in [0.4, 0.5) is 9.93 Å². The number of hydrogen-bond donors (Lipinski definition) is 1. The normalized spacial score (nSPS) is 16.1. The van der Waals surface area contributed by atoms with Crippen LogP contribution in [0.3, 0.4) is 0 Å². The number of fused-ring (bicyclic) bond motifs is 1. The second-order valence-corrected chi connectivity index (χ2v) is 6.28. The topological polar surface area (TPSA) is 54.5 Å². The first-order valence-electron chi connectivity index (χ1n) is 7.18. The Balaban J connectivity index is 1.56. The Hall–Kier alpha value is -1.82. The maximum absolute atomic E-state index is 11.1. The predicted molar refractivity (Wildman–Crippen MR) is 85.0 cm³/mol. The third-order valence-corrected chi connectivity index (χ3v) is 4.99. The van der Waals surface area contributed by atoms with Crippen LogP contribution in [0.2, 0.25) is 0 Å². The molecule has 0 unspecified atom stereocenters. The van der Waals surface area contributed by atoms with Crippen LogP contribution in [-0.4, -0.2) is 37.8 Å². The molecule has 1 aromatic heterocycles. The first-order chi connectivity index (χ1) is 10.3. The van der Waals surface area contributed by atoms with Crippen molar-refractivity contribution < 1.29 is 9.53 Å². The smallest absolute Gasteiger partial charge is 0.406 e. The van der Waals surface area contributed by atoms with Gasteiger partial charge in [-0.1, -0.05) is 23.5 Å². The maximum atomic E-state index is 11.1. The van der Waals surface area contributed by atoms with Gasteiger partial charge in [0.2, 0.25) is 0 Å². The molecular weight excluding hydrogens is 286 g/mol. The van der Waals surface area contributed by atoms with Crippen LogP contribution >= 0.6 is 11.3 Å². The van der Waals surface area contributed by atoms with Crippen molar-refractivity contribution in [3.63, 3.8) is 0 Å². The second kappa shape index (κ2) is 6.30. The first kappa shape index (κ1) is 14.1. The van der Waals surface area contributed by atoms with Gasteiger partial charge >= 0.3 is 6.09 Å². The van der Waals surface area contributed by atoms with Gasteiger partial charge in [-0.15, -0.1) is 0 Å². The van der Waals surface area contributed by atoms with Crippen LogP contribution in [0.5, 0.6) is 0 Å². The van der Waals surface area contributed by atoms with Gasteiger partial charge in [-0.3, -0.25) is 0 Å². The monoisotopic (exact) mass is 305 g/mol. The number of amides is 1. The number of nitrogens with one attached hydrogen (secondary N) is 1. The van der Waals surface area contributed by atoms with Gasteiger partial charge in [0.1, 0.15) is 0 Å². The van der Waals surface area contributed by atoms with Crippen molar-refractivity contribution in [2.75, 3.05) is 31.6 Å². The van der Waals surface area contributed by atoms with Gasteiger partial charge in [0.15, 0.2) is 5.13 Å². The molecule has 1 amide bonds. The molecule has 0 radical (unpaired) electrons. The number of para-hydroxylation sites is 1. The summed E-state index contributed by atoms with van der Waals surface area (Å²) in [5.74, 6) is 0.523. The summed E-state index contributed by atoms with van der Waals surface area (Å²) in [5.41, 5.74) is 1.08. The lowest BCUT2D eigenvalue weighted by atomic mass is 9.97. The number of hydrogen-bond acceptors (Lipinski definition) is 5. The van der Waals surface area contributed by atoms with Gasteiger partial charge in [-0.05, 0) is 30.9 Å². The van der Waals surface area contributed by atoms with E-state index in [1.165, 1.54) is 11.8 Å². The number of alkyl carbamates (subject to hydrolysis) is 1. The SMILES string of the molecule is COC(=O)NCC1CCN(c2nc3ccccc3s2)CC1. The Morgan fingerprint density at radius 3 is 2.90 bits per heavy atom. The van der Waals surface area contributed by atoms with E-state index in [9.17, 15) is 4.79 Å². The summed E-state index contributed by atoms with van der Waals surface area (Å²) in [7, 11) is 1.39. The van der Waals surface area contributed by atoms with Crippen molar-refractivity contribution in [1.82, 2.24) is 10.3 Å². The van der Waals surface area contributed by atoms with Crippen LogP contribution in [0, 0.1) is 5.92 Å². The fourth-order valence-corrected chi connectivity index (χ4v) is 3.64. The largest absolute Gasteiger partial charge is 0.453 e. The van der Waals surface area contributed by atoms with Crippen LogP contribution in [0.15, 0.2) is 24.3 Å². The Bertz CT molecular complexity index is 587. The zero-order valence-corrected chi connectivity index (χ0v) is 12.9. The number of carbonyl (C=O) groups is 1. The minimum Gasteiger partial charge on any atom is -0.453 e. The van der Waals surface area contributed by atoms with Crippen LogP contribution in [0.25, 0.3) is 10.2 Å². The highest BCUT2D eigenvalue weighted by Crippen LogP contribution is 2.31. The molecule has 6 heteroatoms. The van der Waals surface area contributed by atoms with E-state index in [0.717, 1.165) is 36.6 Å². The lowest BCUT2D eigenvalue weighted by Crippen LogP contribution is -2.38. The van der Waals surface area contributed by atoms with Crippen molar-refractivity contribution >= 4 is 32.8 Å². The summed E-state index contributed by atoms with van der Waals surface area (Å²) in [4.78, 5) is 18.1. The highest BCUT2D eigenvalue weighted by Gasteiger charge is 2.22. The number of anilines is 1. The highest BCUT2D eigenvalue weighted by atomic mass is 32.1. The molecule has 0 atom stereocenters. The number of aromatic nitrogens is 1. The van der Waals surface area contributed by atoms with Gasteiger partial charge in [-0.2, -0.15) is 0 Å². The third kappa shape index (κ3) is 3.26. The first-order valence-corrected chi connectivity index (χ1v) is 8.00. The molecule has 0 saturated carbocycles. The summed E-state index contributed by atoms with van der Waals surface area (Å²) in [6, 6.07) is 8.25. The summed E-state index contributed by atoms with van der Waals surface area (Å²) in [6.45, 7) is 2.68. The molecule has 3 rings (SSSR count). The zero-order chi connectivity index (χ0) is 14.7. The van der Waals surface area contributed by atoms with Crippen molar-refractivity contribution in [3.05, 3.63) is 24.3 Å². The maximum Gasteiger partial charge on any atom is 0.406 e. The van der Waals surface area contributed by atoms with Gasteiger partial charge in [0.25, 0.3) is 0 Å². The number of rotatable bonds is 3. The fraction of sp³-hybridized carbons (Fsp3) is 0.467. The van der Waals surface area contributed by atoms with E-state index in [1.54, 1.807) is 11.3 Å².